The van der Waals surface area contributed by atoms with Crippen LogP contribution in [0.3, 0.4) is 0 Å². The Morgan fingerprint density at radius 2 is 2.05 bits per heavy atom. The summed E-state index contributed by atoms with van der Waals surface area (Å²) >= 11 is 2.13. The highest BCUT2D eigenvalue weighted by Crippen LogP contribution is 2.20. The number of nitrogens with two attached hydrogens (primary N) is 1. The van der Waals surface area contributed by atoms with Gasteiger partial charge in [-0.2, -0.15) is 0 Å². The van der Waals surface area contributed by atoms with Crippen LogP contribution in [0.15, 0.2) is 36.4 Å². The van der Waals surface area contributed by atoms with E-state index in [0.717, 1.165) is 9.13 Å². The van der Waals surface area contributed by atoms with E-state index >= 15 is 0 Å². The quantitative estimate of drug-likeness (QED) is 0.627. The van der Waals surface area contributed by atoms with Gasteiger partial charge in [-0.3, -0.25) is 4.79 Å². The molecular formula is C14H12FIN2O. The number of hydrogen-bond acceptors (Lipinski definition) is 2. The Labute approximate surface area is 124 Å². The summed E-state index contributed by atoms with van der Waals surface area (Å²) in [6, 6.07) is 9.62. The first kappa shape index (κ1) is 13.8. The van der Waals surface area contributed by atoms with Gasteiger partial charge in [0.15, 0.2) is 0 Å². The van der Waals surface area contributed by atoms with Gasteiger partial charge in [0.05, 0.1) is 11.3 Å². The van der Waals surface area contributed by atoms with Crippen molar-refractivity contribution in [1.29, 1.82) is 0 Å². The molecule has 0 aliphatic carbocycles. The molecule has 2 aromatic rings. The lowest BCUT2D eigenvalue weighted by Gasteiger charge is -2.09. The average Bonchev–Trinajstić information content (AvgIpc) is 2.37. The van der Waals surface area contributed by atoms with Crippen molar-refractivity contribution in [2.24, 2.45) is 0 Å². The number of hydrogen-bond donors (Lipinski definition) is 2. The zero-order chi connectivity index (χ0) is 14.0. The summed E-state index contributed by atoms with van der Waals surface area (Å²) in [5.41, 5.74) is 7.57. The van der Waals surface area contributed by atoms with Crippen molar-refractivity contribution in [3.8, 4) is 0 Å². The van der Waals surface area contributed by atoms with Crippen LogP contribution in [0.1, 0.15) is 15.9 Å². The topological polar surface area (TPSA) is 55.1 Å². The first-order chi connectivity index (χ1) is 8.99. The van der Waals surface area contributed by atoms with Gasteiger partial charge in [0.1, 0.15) is 5.82 Å². The van der Waals surface area contributed by atoms with Crippen molar-refractivity contribution in [3.63, 3.8) is 0 Å². The molecule has 2 aromatic carbocycles. The van der Waals surface area contributed by atoms with Gasteiger partial charge in [-0.15, -0.1) is 0 Å². The van der Waals surface area contributed by atoms with Gasteiger partial charge in [-0.1, -0.05) is 12.1 Å². The molecule has 0 spiro atoms. The van der Waals surface area contributed by atoms with Gasteiger partial charge >= 0.3 is 0 Å². The Kier molecular flexibility index (Phi) is 4.04. The zero-order valence-electron chi connectivity index (χ0n) is 10.2. The maximum atomic E-state index is 13.0. The lowest BCUT2D eigenvalue weighted by Crippen LogP contribution is -2.14. The molecule has 3 N–H and O–H groups in total. The maximum absolute atomic E-state index is 13.0. The Morgan fingerprint density at radius 3 is 2.74 bits per heavy atom. The molecule has 0 saturated heterocycles. The van der Waals surface area contributed by atoms with E-state index in [0.29, 0.717) is 11.3 Å². The van der Waals surface area contributed by atoms with E-state index in [4.69, 9.17) is 5.73 Å². The van der Waals surface area contributed by atoms with Crippen molar-refractivity contribution >= 4 is 39.9 Å². The lowest BCUT2D eigenvalue weighted by atomic mass is 10.1. The van der Waals surface area contributed by atoms with Crippen LogP contribution in [0.25, 0.3) is 0 Å². The highest BCUT2D eigenvalue weighted by molar-refractivity contribution is 14.1. The third-order valence-corrected chi connectivity index (χ3v) is 4.12. The molecule has 3 nitrogen and oxygen atoms in total. The number of aryl methyl sites for hydroxylation is 1. The minimum atomic E-state index is -0.497. The molecule has 98 valence electrons. The number of halogens is 2. The van der Waals surface area contributed by atoms with Gasteiger partial charge in [0.25, 0.3) is 5.91 Å². The third kappa shape index (κ3) is 3.04. The van der Waals surface area contributed by atoms with Gasteiger partial charge in [-0.05, 0) is 59.3 Å². The first-order valence-electron chi connectivity index (χ1n) is 5.60. The van der Waals surface area contributed by atoms with E-state index in [1.807, 2.05) is 19.1 Å². The van der Waals surface area contributed by atoms with Crippen LogP contribution >= 0.6 is 22.6 Å². The number of carbonyl (C=O) groups excluding carboxylic acids is 1. The highest BCUT2D eigenvalue weighted by atomic mass is 127. The van der Waals surface area contributed by atoms with Crippen molar-refractivity contribution in [2.45, 2.75) is 6.92 Å². The number of amides is 1. The monoisotopic (exact) mass is 370 g/mol. The summed E-state index contributed by atoms with van der Waals surface area (Å²) in [7, 11) is 0. The predicted molar refractivity (Wildman–Crippen MR) is 82.7 cm³/mol. The molecule has 0 aromatic heterocycles. The fraction of sp³-hybridized carbons (Fsp3) is 0.0714. The summed E-state index contributed by atoms with van der Waals surface area (Å²) in [6.07, 6.45) is 0. The molecule has 0 unspecified atom stereocenters. The van der Waals surface area contributed by atoms with E-state index in [-0.39, 0.29) is 11.6 Å². The summed E-state index contributed by atoms with van der Waals surface area (Å²) in [5, 5.41) is 2.70. The van der Waals surface area contributed by atoms with Crippen molar-refractivity contribution in [3.05, 3.63) is 56.9 Å². The molecule has 0 aliphatic rings. The van der Waals surface area contributed by atoms with E-state index in [1.54, 1.807) is 6.07 Å². The zero-order valence-corrected chi connectivity index (χ0v) is 12.4. The number of nitrogens with one attached hydrogen (secondary N) is 1. The standard InChI is InChI=1S/C14H12FIN2O/c1-8-3-2-4-10(13(8)16)14(19)18-9-5-6-11(15)12(17)7-9/h2-7H,17H2,1H3,(H,18,19). The van der Waals surface area contributed by atoms with Crippen LogP contribution in [0.4, 0.5) is 15.8 Å². The van der Waals surface area contributed by atoms with Crippen LogP contribution in [-0.4, -0.2) is 5.91 Å². The fourth-order valence-corrected chi connectivity index (χ4v) is 2.25. The molecule has 0 heterocycles. The number of nitrogen functional groups attached to an aromatic ring is 1. The minimum absolute atomic E-state index is 0.0109. The SMILES string of the molecule is Cc1cccc(C(=O)Nc2ccc(F)c(N)c2)c1I. The van der Waals surface area contributed by atoms with Crippen LogP contribution in [0, 0.1) is 16.3 Å². The van der Waals surface area contributed by atoms with Crippen LogP contribution < -0.4 is 11.1 Å². The number of rotatable bonds is 2. The second-order valence-electron chi connectivity index (χ2n) is 4.13. The molecule has 0 bridgehead atoms. The lowest BCUT2D eigenvalue weighted by molar-refractivity contribution is 0.102. The second-order valence-corrected chi connectivity index (χ2v) is 5.21. The summed E-state index contributed by atoms with van der Waals surface area (Å²) in [5.74, 6) is -0.734. The number of carbonyl (C=O) groups is 1. The summed E-state index contributed by atoms with van der Waals surface area (Å²) in [4.78, 5) is 12.1. The van der Waals surface area contributed by atoms with Crippen LogP contribution in [0.5, 0.6) is 0 Å². The molecular weight excluding hydrogens is 358 g/mol. The molecule has 5 heteroatoms. The number of anilines is 2. The van der Waals surface area contributed by atoms with Gasteiger partial charge in [0, 0.05) is 9.26 Å². The first-order valence-corrected chi connectivity index (χ1v) is 6.68. The van der Waals surface area contributed by atoms with Crippen LogP contribution in [0.2, 0.25) is 0 Å². The molecule has 19 heavy (non-hydrogen) atoms. The van der Waals surface area contributed by atoms with E-state index in [2.05, 4.69) is 27.9 Å². The summed E-state index contributed by atoms with van der Waals surface area (Å²) in [6.45, 7) is 1.94. The molecule has 0 saturated carbocycles. The van der Waals surface area contributed by atoms with Crippen molar-refractivity contribution < 1.29 is 9.18 Å². The second kappa shape index (κ2) is 5.56. The molecule has 2 rings (SSSR count). The Morgan fingerprint density at radius 1 is 1.32 bits per heavy atom. The molecule has 0 atom stereocenters. The number of benzene rings is 2. The van der Waals surface area contributed by atoms with Gasteiger partial charge in [-0.25, -0.2) is 4.39 Å². The Hall–Kier alpha value is -1.63. The average molecular weight is 370 g/mol. The van der Waals surface area contributed by atoms with Gasteiger partial charge < -0.3 is 11.1 Å². The van der Waals surface area contributed by atoms with E-state index < -0.39 is 5.82 Å². The predicted octanol–water partition coefficient (Wildman–Crippen LogP) is 3.57. The van der Waals surface area contributed by atoms with Gasteiger partial charge in [0.2, 0.25) is 0 Å². The highest BCUT2D eigenvalue weighted by Gasteiger charge is 2.12. The van der Waals surface area contributed by atoms with Crippen molar-refractivity contribution in [2.75, 3.05) is 11.1 Å². The Balaban J connectivity index is 2.26. The fourth-order valence-electron chi connectivity index (χ4n) is 1.64. The van der Waals surface area contributed by atoms with E-state index in [9.17, 15) is 9.18 Å². The smallest absolute Gasteiger partial charge is 0.256 e. The summed E-state index contributed by atoms with van der Waals surface area (Å²) < 4.78 is 13.9. The van der Waals surface area contributed by atoms with Crippen molar-refractivity contribution in [1.82, 2.24) is 0 Å². The third-order valence-electron chi connectivity index (χ3n) is 2.69. The molecule has 0 radical (unpaired) electrons. The Bertz CT molecular complexity index is 643. The molecule has 0 aliphatic heterocycles. The molecule has 0 fully saturated rings. The normalized spacial score (nSPS) is 10.3. The van der Waals surface area contributed by atoms with Crippen LogP contribution in [-0.2, 0) is 0 Å². The minimum Gasteiger partial charge on any atom is -0.396 e. The largest absolute Gasteiger partial charge is 0.396 e. The molecule has 1 amide bonds. The maximum Gasteiger partial charge on any atom is 0.256 e. The van der Waals surface area contributed by atoms with E-state index in [1.165, 1.54) is 18.2 Å².